The molecule has 126 valence electrons. The predicted octanol–water partition coefficient (Wildman–Crippen LogP) is 2.49. The molecule has 1 aromatic carbocycles. The van der Waals surface area contributed by atoms with Gasteiger partial charge in [-0.1, -0.05) is 29.7 Å². The lowest BCUT2D eigenvalue weighted by molar-refractivity contribution is -0.140. The Labute approximate surface area is 150 Å². The smallest absolute Gasteiger partial charge is 0.254 e. The van der Waals surface area contributed by atoms with Crippen molar-refractivity contribution in [1.29, 1.82) is 0 Å². The molecule has 2 amide bonds. The van der Waals surface area contributed by atoms with Crippen molar-refractivity contribution in [1.82, 2.24) is 5.01 Å². The molecule has 4 rings (SSSR count). The topological polar surface area (TPSA) is 59.0 Å². The van der Waals surface area contributed by atoms with E-state index < -0.39 is 0 Å². The summed E-state index contributed by atoms with van der Waals surface area (Å²) in [5.74, 6) is 2.29. The third kappa shape index (κ3) is 2.54. The summed E-state index contributed by atoms with van der Waals surface area (Å²) in [5.41, 5.74) is 0.664. The highest BCUT2D eigenvalue weighted by atomic mass is 35.5. The van der Waals surface area contributed by atoms with Gasteiger partial charge in [0.15, 0.2) is 0 Å². The van der Waals surface area contributed by atoms with E-state index in [-0.39, 0.29) is 42.1 Å². The van der Waals surface area contributed by atoms with Crippen LogP contribution in [0.4, 0.5) is 0 Å². The van der Waals surface area contributed by atoms with Gasteiger partial charge < -0.3 is 4.74 Å². The molecule has 2 bridgehead atoms. The second-order valence-corrected chi connectivity index (χ2v) is 6.82. The number of carbonyl (C=O) groups is 2. The molecule has 1 aromatic rings. The third-order valence-corrected chi connectivity index (χ3v) is 5.33. The van der Waals surface area contributed by atoms with Crippen molar-refractivity contribution in [3.05, 3.63) is 40.9 Å². The number of halogens is 1. The molecule has 0 N–H and O–H groups in total. The molecule has 2 aliphatic carbocycles. The summed E-state index contributed by atoms with van der Waals surface area (Å²) in [7, 11) is 0. The molecular weight excluding hydrogens is 340 g/mol. The van der Waals surface area contributed by atoms with E-state index >= 15 is 0 Å². The number of allylic oxidation sites excluding steroid dienone is 2. The first-order valence-electron chi connectivity index (χ1n) is 8.06. The molecule has 5 nitrogen and oxygen atoms in total. The van der Waals surface area contributed by atoms with Gasteiger partial charge in [0.1, 0.15) is 12.4 Å². The van der Waals surface area contributed by atoms with Crippen molar-refractivity contribution < 1.29 is 14.3 Å². The molecule has 2 fully saturated rings. The van der Waals surface area contributed by atoms with E-state index in [0.717, 1.165) is 11.4 Å². The zero-order valence-corrected chi connectivity index (χ0v) is 14.0. The standard InChI is InChI=1S/C19H15ClN2O3/c1-2-7-25-15-6-3-11(8-14(15)20)10-21-22-18(23)16-12-4-5-13(9-12)17(16)19(22)24/h1,3-6,8,10,12-13,16-17H,7,9H2. The minimum atomic E-state index is -0.247. The molecule has 6 heteroatoms. The van der Waals surface area contributed by atoms with Crippen molar-refractivity contribution in [3.8, 4) is 18.1 Å². The Hall–Kier alpha value is -2.58. The molecular formula is C19H15ClN2O3. The van der Waals surface area contributed by atoms with Crippen LogP contribution in [0.5, 0.6) is 5.75 Å². The van der Waals surface area contributed by atoms with Gasteiger partial charge in [-0.25, -0.2) is 0 Å². The average Bonchev–Trinajstić information content (AvgIpc) is 3.27. The van der Waals surface area contributed by atoms with Crippen LogP contribution in [0.15, 0.2) is 35.5 Å². The first-order valence-corrected chi connectivity index (χ1v) is 8.44. The van der Waals surface area contributed by atoms with Gasteiger partial charge in [0.25, 0.3) is 11.8 Å². The highest BCUT2D eigenvalue weighted by Gasteiger charge is 2.59. The highest BCUT2D eigenvalue weighted by molar-refractivity contribution is 6.32. The van der Waals surface area contributed by atoms with Crippen molar-refractivity contribution in [2.45, 2.75) is 6.42 Å². The van der Waals surface area contributed by atoms with Crippen molar-refractivity contribution >= 4 is 29.6 Å². The summed E-state index contributed by atoms with van der Waals surface area (Å²) in [4.78, 5) is 25.1. The van der Waals surface area contributed by atoms with Gasteiger partial charge in [0.05, 0.1) is 23.1 Å². The Morgan fingerprint density at radius 2 is 1.96 bits per heavy atom. The zero-order chi connectivity index (χ0) is 17.6. The normalized spacial score (nSPS) is 29.5. The Morgan fingerprint density at radius 1 is 1.28 bits per heavy atom. The molecule has 1 saturated heterocycles. The second kappa shape index (κ2) is 6.05. The lowest BCUT2D eigenvalue weighted by Crippen LogP contribution is -2.28. The lowest BCUT2D eigenvalue weighted by Gasteiger charge is -2.13. The van der Waals surface area contributed by atoms with Crippen LogP contribution in [0.1, 0.15) is 12.0 Å². The number of hydrazone groups is 1. The highest BCUT2D eigenvalue weighted by Crippen LogP contribution is 2.52. The maximum absolute atomic E-state index is 12.5. The van der Waals surface area contributed by atoms with E-state index in [1.54, 1.807) is 18.2 Å². The average molecular weight is 355 g/mol. The summed E-state index contributed by atoms with van der Waals surface area (Å²) < 4.78 is 5.30. The fourth-order valence-corrected chi connectivity index (χ4v) is 4.20. The first kappa shape index (κ1) is 15.9. The number of benzene rings is 1. The van der Waals surface area contributed by atoms with Crippen molar-refractivity contribution in [2.75, 3.05) is 6.61 Å². The van der Waals surface area contributed by atoms with Crippen molar-refractivity contribution in [2.24, 2.45) is 28.8 Å². The number of terminal acetylenes is 1. The quantitative estimate of drug-likeness (QED) is 0.361. The predicted molar refractivity (Wildman–Crippen MR) is 92.9 cm³/mol. The SMILES string of the molecule is C#CCOc1ccc(C=NN2C(=O)C3C4C=CC(C4)C3C2=O)cc1Cl. The summed E-state index contributed by atoms with van der Waals surface area (Å²) in [6, 6.07) is 5.06. The Bertz CT molecular complexity index is 825. The number of amides is 2. The fraction of sp³-hybridized carbons (Fsp3) is 0.316. The van der Waals surface area contributed by atoms with Gasteiger partial charge in [-0.15, -0.1) is 6.42 Å². The van der Waals surface area contributed by atoms with Crippen LogP contribution in [0.3, 0.4) is 0 Å². The number of rotatable bonds is 4. The minimum Gasteiger partial charge on any atom is -0.479 e. The molecule has 4 unspecified atom stereocenters. The van der Waals surface area contributed by atoms with E-state index in [4.69, 9.17) is 22.8 Å². The second-order valence-electron chi connectivity index (χ2n) is 6.42. The van der Waals surface area contributed by atoms with Gasteiger partial charge in [-0.2, -0.15) is 10.1 Å². The molecule has 0 spiro atoms. The molecule has 1 aliphatic heterocycles. The van der Waals surface area contributed by atoms with Crippen LogP contribution >= 0.6 is 11.6 Å². The van der Waals surface area contributed by atoms with Crippen LogP contribution in [-0.2, 0) is 9.59 Å². The molecule has 4 atom stereocenters. The number of imide groups is 1. The summed E-state index contributed by atoms with van der Waals surface area (Å²) in [6.45, 7) is 0.128. The number of hydrogen-bond donors (Lipinski definition) is 0. The Balaban J connectivity index is 1.51. The van der Waals surface area contributed by atoms with Gasteiger partial charge >= 0.3 is 0 Å². The van der Waals surface area contributed by atoms with Crippen LogP contribution in [0.25, 0.3) is 0 Å². The van der Waals surface area contributed by atoms with Crippen LogP contribution < -0.4 is 4.74 Å². The number of carbonyl (C=O) groups excluding carboxylic acids is 2. The van der Waals surface area contributed by atoms with Gasteiger partial charge in [0, 0.05) is 0 Å². The monoisotopic (exact) mass is 354 g/mol. The van der Waals surface area contributed by atoms with E-state index in [1.807, 2.05) is 0 Å². The van der Waals surface area contributed by atoms with E-state index in [9.17, 15) is 9.59 Å². The fourth-order valence-electron chi connectivity index (χ4n) is 3.96. The summed E-state index contributed by atoms with van der Waals surface area (Å²) in [5, 5.41) is 5.52. The Morgan fingerprint density at radius 3 is 2.56 bits per heavy atom. The number of nitrogens with zero attached hydrogens (tertiary/aromatic N) is 2. The van der Waals surface area contributed by atoms with Crippen LogP contribution in [-0.4, -0.2) is 29.6 Å². The summed E-state index contributed by atoms with van der Waals surface area (Å²) >= 11 is 6.13. The third-order valence-electron chi connectivity index (χ3n) is 5.04. The summed E-state index contributed by atoms with van der Waals surface area (Å²) in [6.07, 6.45) is 11.6. The minimum absolute atomic E-state index is 0.128. The maximum Gasteiger partial charge on any atom is 0.254 e. The van der Waals surface area contributed by atoms with E-state index in [2.05, 4.69) is 23.2 Å². The lowest BCUT2D eigenvalue weighted by atomic mass is 9.85. The molecule has 1 heterocycles. The van der Waals surface area contributed by atoms with E-state index in [0.29, 0.717) is 16.3 Å². The van der Waals surface area contributed by atoms with Crippen LogP contribution in [0, 0.1) is 36.0 Å². The Kier molecular flexibility index (Phi) is 3.85. The number of ether oxygens (including phenoxy) is 1. The molecule has 0 aromatic heterocycles. The van der Waals surface area contributed by atoms with Gasteiger partial charge in [0.2, 0.25) is 0 Å². The number of hydrogen-bond acceptors (Lipinski definition) is 4. The molecule has 1 saturated carbocycles. The van der Waals surface area contributed by atoms with Crippen LogP contribution in [0.2, 0.25) is 5.02 Å². The molecule has 25 heavy (non-hydrogen) atoms. The maximum atomic E-state index is 12.5. The molecule has 0 radical (unpaired) electrons. The van der Waals surface area contributed by atoms with Crippen molar-refractivity contribution in [3.63, 3.8) is 0 Å². The zero-order valence-electron chi connectivity index (χ0n) is 13.3. The first-order chi connectivity index (χ1) is 12.1. The number of fused-ring (bicyclic) bond motifs is 5. The van der Waals surface area contributed by atoms with E-state index in [1.165, 1.54) is 6.21 Å². The molecule has 3 aliphatic rings. The largest absolute Gasteiger partial charge is 0.479 e. The van der Waals surface area contributed by atoms with Gasteiger partial charge in [-0.05, 0) is 42.0 Å². The van der Waals surface area contributed by atoms with Gasteiger partial charge in [-0.3, -0.25) is 9.59 Å².